The van der Waals surface area contributed by atoms with E-state index < -0.39 is 0 Å². The van der Waals surface area contributed by atoms with Crippen molar-refractivity contribution in [3.05, 3.63) is 27.1 Å². The summed E-state index contributed by atoms with van der Waals surface area (Å²) in [4.78, 5) is 11.7. The Morgan fingerprint density at radius 2 is 2.07 bits per heavy atom. The number of nitrogens with zero attached hydrogens (tertiary/aromatic N) is 1. The number of halogens is 1. The lowest BCUT2D eigenvalue weighted by Gasteiger charge is -2.14. The van der Waals surface area contributed by atoms with Crippen LogP contribution >= 0.6 is 15.9 Å². The van der Waals surface area contributed by atoms with E-state index in [0.717, 1.165) is 17.3 Å². The van der Waals surface area contributed by atoms with Crippen molar-refractivity contribution < 1.29 is 0 Å². The van der Waals surface area contributed by atoms with Crippen LogP contribution in [0.2, 0.25) is 0 Å². The lowest BCUT2D eigenvalue weighted by atomic mass is 10.2. The van der Waals surface area contributed by atoms with E-state index in [9.17, 15) is 4.79 Å². The van der Waals surface area contributed by atoms with Crippen molar-refractivity contribution in [2.75, 3.05) is 5.73 Å². The fraction of sp³-hybridized carbons (Fsp3) is 0.500. The van der Waals surface area contributed by atoms with E-state index in [1.165, 1.54) is 12.8 Å². The molecule has 0 atom stereocenters. The molecule has 1 heterocycles. The van der Waals surface area contributed by atoms with Gasteiger partial charge in [0.2, 0.25) is 0 Å². The number of nitrogens with two attached hydrogens (primary N) is 1. The second-order valence-corrected chi connectivity index (χ2v) is 4.68. The molecule has 0 aromatic carbocycles. The number of aromatic nitrogens is 1. The summed E-state index contributed by atoms with van der Waals surface area (Å²) >= 11 is 3.35. The van der Waals surface area contributed by atoms with Crippen LogP contribution in [0.3, 0.4) is 0 Å². The Balaban J connectivity index is 2.46. The minimum atomic E-state index is -0.0555. The summed E-state index contributed by atoms with van der Waals surface area (Å²) in [6.07, 6.45) is 6.45. The monoisotopic (exact) mass is 256 g/mol. The van der Waals surface area contributed by atoms with Crippen LogP contribution in [-0.2, 0) is 0 Å². The largest absolute Gasteiger partial charge is 0.394 e. The predicted molar refractivity (Wildman–Crippen MR) is 60.3 cm³/mol. The number of hydrogen-bond acceptors (Lipinski definition) is 2. The second kappa shape index (κ2) is 3.77. The van der Waals surface area contributed by atoms with Crippen LogP contribution in [0.5, 0.6) is 0 Å². The van der Waals surface area contributed by atoms with Crippen LogP contribution < -0.4 is 11.3 Å². The third kappa shape index (κ3) is 1.71. The van der Waals surface area contributed by atoms with E-state index in [-0.39, 0.29) is 5.56 Å². The molecule has 1 aliphatic rings. The molecule has 1 aliphatic carbocycles. The molecule has 0 radical (unpaired) electrons. The smallest absolute Gasteiger partial charge is 0.273 e. The van der Waals surface area contributed by atoms with Crippen molar-refractivity contribution in [1.82, 2.24) is 4.57 Å². The molecule has 0 spiro atoms. The summed E-state index contributed by atoms with van der Waals surface area (Å²) in [5.74, 6) is 0. The standard InChI is InChI=1S/C10H13BrN2O/c11-7-5-9(12)10(14)13(6-7)8-3-1-2-4-8/h5-6,8H,1-4,12H2. The molecule has 14 heavy (non-hydrogen) atoms. The molecule has 0 saturated heterocycles. The van der Waals surface area contributed by atoms with Gasteiger partial charge in [-0.3, -0.25) is 4.79 Å². The minimum Gasteiger partial charge on any atom is -0.394 e. The maximum Gasteiger partial charge on any atom is 0.273 e. The van der Waals surface area contributed by atoms with Gasteiger partial charge in [-0.25, -0.2) is 0 Å². The first-order chi connectivity index (χ1) is 6.68. The first-order valence-corrected chi connectivity index (χ1v) is 5.65. The Hall–Kier alpha value is -0.770. The first kappa shape index (κ1) is 9.77. The van der Waals surface area contributed by atoms with Gasteiger partial charge in [-0.05, 0) is 34.8 Å². The van der Waals surface area contributed by atoms with Crippen molar-refractivity contribution in [1.29, 1.82) is 0 Å². The van der Waals surface area contributed by atoms with Gasteiger partial charge >= 0.3 is 0 Å². The number of nitrogen functional groups attached to an aromatic ring is 1. The molecule has 2 N–H and O–H groups in total. The van der Waals surface area contributed by atoms with E-state index in [4.69, 9.17) is 5.73 Å². The molecule has 2 rings (SSSR count). The van der Waals surface area contributed by atoms with Gasteiger partial charge < -0.3 is 10.3 Å². The maximum absolute atomic E-state index is 11.7. The molecule has 76 valence electrons. The molecule has 0 amide bonds. The summed E-state index contributed by atoms with van der Waals surface area (Å²) in [6.45, 7) is 0. The van der Waals surface area contributed by atoms with Crippen molar-refractivity contribution in [2.24, 2.45) is 0 Å². The molecule has 0 unspecified atom stereocenters. The van der Waals surface area contributed by atoms with Crippen molar-refractivity contribution in [3.63, 3.8) is 0 Å². The van der Waals surface area contributed by atoms with Crippen molar-refractivity contribution >= 4 is 21.6 Å². The predicted octanol–water partition coefficient (Wildman–Crippen LogP) is 2.31. The third-order valence-corrected chi connectivity index (χ3v) is 3.19. The lowest BCUT2D eigenvalue weighted by Crippen LogP contribution is -2.25. The zero-order chi connectivity index (χ0) is 10.1. The molecule has 0 bridgehead atoms. The van der Waals surface area contributed by atoms with Gasteiger partial charge in [0.15, 0.2) is 0 Å². The number of pyridine rings is 1. The molecule has 3 nitrogen and oxygen atoms in total. The number of rotatable bonds is 1. The highest BCUT2D eigenvalue weighted by atomic mass is 79.9. The Bertz CT molecular complexity index is 394. The summed E-state index contributed by atoms with van der Waals surface area (Å²) in [5.41, 5.74) is 5.90. The normalized spacial score (nSPS) is 17.5. The zero-order valence-electron chi connectivity index (χ0n) is 7.87. The average Bonchev–Trinajstić information content (AvgIpc) is 2.63. The lowest BCUT2D eigenvalue weighted by molar-refractivity contribution is 0.502. The third-order valence-electron chi connectivity index (χ3n) is 2.76. The van der Waals surface area contributed by atoms with Gasteiger partial charge in [-0.2, -0.15) is 0 Å². The molecule has 0 aliphatic heterocycles. The van der Waals surface area contributed by atoms with Crippen LogP contribution in [0, 0.1) is 0 Å². The van der Waals surface area contributed by atoms with Crippen molar-refractivity contribution in [3.8, 4) is 0 Å². The number of anilines is 1. The quantitative estimate of drug-likeness (QED) is 0.839. The highest BCUT2D eigenvalue weighted by Gasteiger charge is 2.18. The summed E-state index contributed by atoms with van der Waals surface area (Å²) in [6, 6.07) is 2.01. The van der Waals surface area contributed by atoms with Gasteiger partial charge in [0, 0.05) is 16.7 Å². The molecule has 4 heteroatoms. The Morgan fingerprint density at radius 3 is 2.71 bits per heavy atom. The topological polar surface area (TPSA) is 48.0 Å². The van der Waals surface area contributed by atoms with Gasteiger partial charge in [-0.1, -0.05) is 12.8 Å². The summed E-state index contributed by atoms with van der Waals surface area (Å²) < 4.78 is 2.65. The van der Waals surface area contributed by atoms with E-state index in [0.29, 0.717) is 11.7 Å². The number of hydrogen-bond donors (Lipinski definition) is 1. The molecule has 1 saturated carbocycles. The van der Waals surface area contributed by atoms with Crippen LogP contribution in [0.1, 0.15) is 31.7 Å². The van der Waals surface area contributed by atoms with E-state index in [1.54, 1.807) is 10.6 Å². The van der Waals surface area contributed by atoms with Gasteiger partial charge in [-0.15, -0.1) is 0 Å². The summed E-state index contributed by atoms with van der Waals surface area (Å²) in [5, 5.41) is 0. The van der Waals surface area contributed by atoms with E-state index in [1.807, 2.05) is 6.20 Å². The Morgan fingerprint density at radius 1 is 1.43 bits per heavy atom. The summed E-state index contributed by atoms with van der Waals surface area (Å²) in [7, 11) is 0. The molecule has 1 aromatic heterocycles. The van der Waals surface area contributed by atoms with Crippen LogP contribution in [0.4, 0.5) is 5.69 Å². The Labute approximate surface area is 91.0 Å². The Kier molecular flexibility index (Phi) is 2.63. The average molecular weight is 257 g/mol. The zero-order valence-corrected chi connectivity index (χ0v) is 9.46. The van der Waals surface area contributed by atoms with Crippen LogP contribution in [0.15, 0.2) is 21.5 Å². The molecular weight excluding hydrogens is 244 g/mol. The van der Waals surface area contributed by atoms with Crippen LogP contribution in [-0.4, -0.2) is 4.57 Å². The second-order valence-electron chi connectivity index (χ2n) is 3.76. The maximum atomic E-state index is 11.7. The van der Waals surface area contributed by atoms with Gasteiger partial charge in [0.25, 0.3) is 5.56 Å². The first-order valence-electron chi connectivity index (χ1n) is 4.85. The highest BCUT2D eigenvalue weighted by Crippen LogP contribution is 2.29. The van der Waals surface area contributed by atoms with Gasteiger partial charge in [0.05, 0.1) is 5.69 Å². The minimum absolute atomic E-state index is 0.0555. The highest BCUT2D eigenvalue weighted by molar-refractivity contribution is 9.10. The molecule has 1 fully saturated rings. The van der Waals surface area contributed by atoms with Crippen molar-refractivity contribution in [2.45, 2.75) is 31.7 Å². The van der Waals surface area contributed by atoms with Gasteiger partial charge in [0.1, 0.15) is 0 Å². The van der Waals surface area contributed by atoms with E-state index >= 15 is 0 Å². The molecular formula is C10H13BrN2O. The molecule has 1 aromatic rings. The SMILES string of the molecule is Nc1cc(Br)cn(C2CCCC2)c1=O. The van der Waals surface area contributed by atoms with E-state index in [2.05, 4.69) is 15.9 Å². The fourth-order valence-electron chi connectivity index (χ4n) is 2.04. The van der Waals surface area contributed by atoms with Crippen LogP contribution in [0.25, 0.3) is 0 Å². The fourth-order valence-corrected chi connectivity index (χ4v) is 2.51.